The Labute approximate surface area is 124 Å². The normalized spacial score (nSPS) is 11.0. The number of aromatic nitrogens is 2. The van der Waals surface area contributed by atoms with E-state index in [0.29, 0.717) is 0 Å². The van der Waals surface area contributed by atoms with Gasteiger partial charge in [0.2, 0.25) is 5.91 Å². The summed E-state index contributed by atoms with van der Waals surface area (Å²) in [5, 5.41) is 0. The molecule has 2 rings (SSSR count). The molecule has 114 valence electrons. The third-order valence-corrected chi connectivity index (χ3v) is 3.68. The Morgan fingerprint density at radius 2 is 1.67 bits per heavy atom. The second-order valence-electron chi connectivity index (χ2n) is 5.30. The minimum Gasteiger partial charge on any atom is -0.341 e. The van der Waals surface area contributed by atoms with Gasteiger partial charge in [-0.2, -0.15) is 0 Å². The van der Waals surface area contributed by atoms with Crippen molar-refractivity contribution in [1.82, 2.24) is 14.0 Å². The minimum absolute atomic E-state index is 0.0113. The van der Waals surface area contributed by atoms with Gasteiger partial charge in [-0.25, -0.2) is 4.79 Å². The Bertz CT molecular complexity index is 678. The topological polar surface area (TPSA) is 47.2 Å². The van der Waals surface area contributed by atoms with E-state index in [1.54, 1.807) is 16.2 Å². The van der Waals surface area contributed by atoms with E-state index in [0.717, 1.165) is 37.0 Å². The van der Waals surface area contributed by atoms with Gasteiger partial charge in [-0.15, -0.1) is 0 Å². The lowest BCUT2D eigenvalue weighted by molar-refractivity contribution is -0.131. The summed E-state index contributed by atoms with van der Waals surface area (Å²) in [6.45, 7) is 5.71. The number of carbonyl (C=O) groups excluding carboxylic acids is 1. The van der Waals surface area contributed by atoms with Crippen molar-refractivity contribution in [3.8, 4) is 0 Å². The number of nitrogens with zero attached hydrogens (tertiary/aromatic N) is 3. The van der Waals surface area contributed by atoms with E-state index in [9.17, 15) is 9.59 Å². The molecule has 1 aromatic carbocycles. The maximum absolute atomic E-state index is 12.5. The van der Waals surface area contributed by atoms with E-state index in [2.05, 4.69) is 13.8 Å². The minimum atomic E-state index is -0.141. The van der Waals surface area contributed by atoms with Crippen molar-refractivity contribution < 1.29 is 4.79 Å². The van der Waals surface area contributed by atoms with Crippen molar-refractivity contribution in [2.75, 3.05) is 13.1 Å². The first-order valence-electron chi connectivity index (χ1n) is 7.52. The molecule has 0 aliphatic rings. The number of benzene rings is 1. The van der Waals surface area contributed by atoms with Gasteiger partial charge >= 0.3 is 5.69 Å². The molecule has 1 heterocycles. The van der Waals surface area contributed by atoms with Gasteiger partial charge < -0.3 is 4.90 Å². The highest BCUT2D eigenvalue weighted by Gasteiger charge is 2.17. The quantitative estimate of drug-likeness (QED) is 0.816. The average Bonchev–Trinajstić information content (AvgIpc) is 2.72. The van der Waals surface area contributed by atoms with Crippen LogP contribution in [-0.2, 0) is 18.4 Å². The molecule has 0 fully saturated rings. The van der Waals surface area contributed by atoms with Crippen molar-refractivity contribution >= 4 is 16.9 Å². The lowest BCUT2D eigenvalue weighted by Gasteiger charge is -2.21. The lowest BCUT2D eigenvalue weighted by atomic mass is 10.3. The van der Waals surface area contributed by atoms with Gasteiger partial charge in [0, 0.05) is 20.1 Å². The molecular weight excluding hydrogens is 266 g/mol. The zero-order valence-corrected chi connectivity index (χ0v) is 13.0. The predicted molar refractivity (Wildman–Crippen MR) is 84.3 cm³/mol. The zero-order chi connectivity index (χ0) is 15.4. The van der Waals surface area contributed by atoms with Crippen LogP contribution in [0, 0.1) is 0 Å². The van der Waals surface area contributed by atoms with Crippen LogP contribution in [-0.4, -0.2) is 33.0 Å². The number of rotatable bonds is 6. The van der Waals surface area contributed by atoms with E-state index >= 15 is 0 Å². The van der Waals surface area contributed by atoms with Gasteiger partial charge in [0.05, 0.1) is 11.0 Å². The highest BCUT2D eigenvalue weighted by atomic mass is 16.2. The molecule has 0 radical (unpaired) electrons. The first-order valence-corrected chi connectivity index (χ1v) is 7.52. The number of hydrogen-bond donors (Lipinski definition) is 0. The fourth-order valence-corrected chi connectivity index (χ4v) is 2.65. The van der Waals surface area contributed by atoms with Crippen LogP contribution < -0.4 is 5.69 Å². The fourth-order valence-electron chi connectivity index (χ4n) is 2.65. The fraction of sp³-hybridized carbons (Fsp3) is 0.500. The highest BCUT2D eigenvalue weighted by Crippen LogP contribution is 2.11. The number of imidazole rings is 1. The van der Waals surface area contributed by atoms with Gasteiger partial charge in [-0.05, 0) is 25.0 Å². The van der Waals surface area contributed by atoms with E-state index in [-0.39, 0.29) is 18.1 Å². The van der Waals surface area contributed by atoms with E-state index in [4.69, 9.17) is 0 Å². The van der Waals surface area contributed by atoms with Gasteiger partial charge in [0.15, 0.2) is 0 Å². The summed E-state index contributed by atoms with van der Waals surface area (Å²) in [5.74, 6) is 0.0113. The smallest absolute Gasteiger partial charge is 0.329 e. The van der Waals surface area contributed by atoms with E-state index in [1.165, 1.54) is 0 Å². The largest absolute Gasteiger partial charge is 0.341 e. The molecule has 2 aromatic rings. The Kier molecular flexibility index (Phi) is 4.83. The predicted octanol–water partition coefficient (Wildman–Crippen LogP) is 1.99. The van der Waals surface area contributed by atoms with Gasteiger partial charge in [-0.3, -0.25) is 13.9 Å². The molecule has 0 N–H and O–H groups in total. The summed E-state index contributed by atoms with van der Waals surface area (Å²) < 4.78 is 3.16. The molecule has 21 heavy (non-hydrogen) atoms. The SMILES string of the molecule is CCCN(CCC)C(=O)Cn1c(=O)n(C)c2ccccc21. The Morgan fingerprint density at radius 3 is 2.24 bits per heavy atom. The average molecular weight is 289 g/mol. The highest BCUT2D eigenvalue weighted by molar-refractivity contribution is 5.81. The first-order chi connectivity index (χ1) is 10.1. The maximum atomic E-state index is 12.5. The summed E-state index contributed by atoms with van der Waals surface area (Å²) in [4.78, 5) is 26.6. The molecular formula is C16H23N3O2. The Morgan fingerprint density at radius 1 is 1.10 bits per heavy atom. The molecule has 1 aromatic heterocycles. The van der Waals surface area contributed by atoms with Crippen molar-refractivity contribution in [1.29, 1.82) is 0 Å². The number of carbonyl (C=O) groups is 1. The maximum Gasteiger partial charge on any atom is 0.329 e. The number of amides is 1. The third kappa shape index (κ3) is 3.01. The van der Waals surface area contributed by atoms with Crippen LogP contribution in [0.2, 0.25) is 0 Å². The van der Waals surface area contributed by atoms with E-state index < -0.39 is 0 Å². The summed E-state index contributed by atoms with van der Waals surface area (Å²) >= 11 is 0. The van der Waals surface area contributed by atoms with Crippen LogP contribution in [0.15, 0.2) is 29.1 Å². The molecule has 0 saturated heterocycles. The van der Waals surface area contributed by atoms with Crippen molar-refractivity contribution in [2.45, 2.75) is 33.2 Å². The van der Waals surface area contributed by atoms with Crippen LogP contribution in [0.5, 0.6) is 0 Å². The molecule has 0 atom stereocenters. The summed E-state index contributed by atoms with van der Waals surface area (Å²) in [6.07, 6.45) is 1.85. The summed E-state index contributed by atoms with van der Waals surface area (Å²) in [5.41, 5.74) is 1.52. The van der Waals surface area contributed by atoms with Crippen molar-refractivity contribution in [3.63, 3.8) is 0 Å². The Balaban J connectivity index is 2.33. The molecule has 1 amide bonds. The van der Waals surface area contributed by atoms with Crippen LogP contribution >= 0.6 is 0 Å². The zero-order valence-electron chi connectivity index (χ0n) is 13.0. The van der Waals surface area contributed by atoms with Crippen LogP contribution in [0.3, 0.4) is 0 Å². The molecule has 0 aliphatic carbocycles. The Hall–Kier alpha value is -2.04. The second-order valence-corrected chi connectivity index (χ2v) is 5.30. The number of hydrogen-bond acceptors (Lipinski definition) is 2. The van der Waals surface area contributed by atoms with Gasteiger partial charge in [0.25, 0.3) is 0 Å². The number of para-hydroxylation sites is 2. The monoisotopic (exact) mass is 289 g/mol. The number of fused-ring (bicyclic) bond motifs is 1. The van der Waals surface area contributed by atoms with Crippen LogP contribution in [0.4, 0.5) is 0 Å². The molecule has 5 nitrogen and oxygen atoms in total. The van der Waals surface area contributed by atoms with Crippen molar-refractivity contribution in [2.24, 2.45) is 7.05 Å². The number of aryl methyl sites for hydroxylation is 1. The first kappa shape index (κ1) is 15.4. The van der Waals surface area contributed by atoms with Crippen LogP contribution in [0.1, 0.15) is 26.7 Å². The standard InChI is InChI=1S/C16H23N3O2/c1-4-10-18(11-5-2)15(20)12-19-14-9-7-6-8-13(14)17(3)16(19)21/h6-9H,4-5,10-12H2,1-3H3. The molecule has 0 saturated carbocycles. The molecule has 0 aliphatic heterocycles. The third-order valence-electron chi connectivity index (χ3n) is 3.68. The van der Waals surface area contributed by atoms with Crippen molar-refractivity contribution in [3.05, 3.63) is 34.7 Å². The van der Waals surface area contributed by atoms with Gasteiger partial charge in [-0.1, -0.05) is 26.0 Å². The van der Waals surface area contributed by atoms with Crippen LogP contribution in [0.25, 0.3) is 11.0 Å². The molecule has 0 unspecified atom stereocenters. The second kappa shape index (κ2) is 6.61. The van der Waals surface area contributed by atoms with E-state index in [1.807, 2.05) is 29.2 Å². The molecule has 5 heteroatoms. The molecule has 0 spiro atoms. The summed E-state index contributed by atoms with van der Waals surface area (Å²) in [6, 6.07) is 7.56. The summed E-state index contributed by atoms with van der Waals surface area (Å²) in [7, 11) is 1.74. The lowest BCUT2D eigenvalue weighted by Crippen LogP contribution is -2.37. The van der Waals surface area contributed by atoms with Gasteiger partial charge in [0.1, 0.15) is 6.54 Å². The molecule has 0 bridgehead atoms.